The second-order valence-corrected chi connectivity index (χ2v) is 8.38. The van der Waals surface area contributed by atoms with Crippen molar-refractivity contribution < 1.29 is 18.7 Å². The maximum absolute atomic E-state index is 13.4. The zero-order chi connectivity index (χ0) is 24.5. The van der Waals surface area contributed by atoms with Crippen LogP contribution in [0, 0.1) is 6.92 Å². The van der Waals surface area contributed by atoms with Crippen molar-refractivity contribution in [3.63, 3.8) is 0 Å². The highest BCUT2D eigenvalue weighted by molar-refractivity contribution is 5.85. The normalized spacial score (nSPS) is 10.9. The molecule has 0 bridgehead atoms. The maximum atomic E-state index is 13.4. The molecule has 0 aliphatic carbocycles. The fourth-order valence-corrected chi connectivity index (χ4v) is 3.76. The summed E-state index contributed by atoms with van der Waals surface area (Å²) in [4.78, 5) is 42.3. The molecule has 2 aromatic carbocycles. The van der Waals surface area contributed by atoms with Crippen LogP contribution in [0.3, 0.4) is 0 Å². The number of ether oxygens (including phenoxy) is 1. The smallest absolute Gasteiger partial charge is 0.242 e. The van der Waals surface area contributed by atoms with E-state index in [1.54, 1.807) is 24.1 Å². The molecule has 0 aliphatic rings. The molecule has 3 rings (SSSR count). The van der Waals surface area contributed by atoms with Crippen molar-refractivity contribution in [1.82, 2.24) is 9.80 Å². The summed E-state index contributed by atoms with van der Waals surface area (Å²) in [6.45, 7) is 4.83. The molecule has 0 N–H and O–H groups in total. The van der Waals surface area contributed by atoms with Crippen LogP contribution in [-0.4, -0.2) is 48.4 Å². The Kier molecular flexibility index (Phi) is 8.99. The number of nitrogens with zero attached hydrogens (tertiary/aromatic N) is 2. The number of rotatable bonds is 11. The average molecular weight is 465 g/mol. The minimum Gasteiger partial charge on any atom is -0.464 e. The van der Waals surface area contributed by atoms with Crippen molar-refractivity contribution in [2.75, 3.05) is 26.8 Å². The first kappa shape index (κ1) is 25.2. The van der Waals surface area contributed by atoms with E-state index in [2.05, 4.69) is 0 Å². The summed E-state index contributed by atoms with van der Waals surface area (Å²) >= 11 is 0. The Bertz CT molecular complexity index is 1170. The van der Waals surface area contributed by atoms with Gasteiger partial charge in [0.1, 0.15) is 5.58 Å². The van der Waals surface area contributed by atoms with Gasteiger partial charge < -0.3 is 19.0 Å². The third-order valence-corrected chi connectivity index (χ3v) is 5.64. The van der Waals surface area contributed by atoms with E-state index in [1.165, 1.54) is 11.2 Å². The zero-order valence-electron chi connectivity index (χ0n) is 20.1. The quantitative estimate of drug-likeness (QED) is 0.430. The van der Waals surface area contributed by atoms with Crippen LogP contribution >= 0.6 is 0 Å². The molecule has 0 fully saturated rings. The Morgan fingerprint density at radius 3 is 2.47 bits per heavy atom. The van der Waals surface area contributed by atoms with Gasteiger partial charge in [-0.3, -0.25) is 14.4 Å². The van der Waals surface area contributed by atoms with E-state index >= 15 is 0 Å². The molecule has 3 aromatic rings. The highest BCUT2D eigenvalue weighted by Gasteiger charge is 2.22. The SMILES string of the molecule is CCCC(=O)N(CCOC)CC(=O)N(Cc1ccccc1)Cc1coc2ccc(C)cc2c1=O. The fraction of sp³-hybridized carbons (Fsp3) is 0.370. The van der Waals surface area contributed by atoms with Crippen LogP contribution in [0.4, 0.5) is 0 Å². The van der Waals surface area contributed by atoms with Crippen molar-refractivity contribution in [3.05, 3.63) is 81.7 Å². The Labute approximate surface area is 199 Å². The molecule has 7 heteroatoms. The van der Waals surface area contributed by atoms with Crippen LogP contribution < -0.4 is 5.43 Å². The van der Waals surface area contributed by atoms with Gasteiger partial charge >= 0.3 is 0 Å². The molecule has 1 aromatic heterocycles. The van der Waals surface area contributed by atoms with Crippen molar-refractivity contribution in [3.8, 4) is 0 Å². The van der Waals surface area contributed by atoms with Crippen molar-refractivity contribution >= 4 is 22.8 Å². The largest absolute Gasteiger partial charge is 0.464 e. The van der Waals surface area contributed by atoms with Crippen LogP contribution in [0.1, 0.15) is 36.5 Å². The molecule has 2 amide bonds. The first-order chi connectivity index (χ1) is 16.4. The summed E-state index contributed by atoms with van der Waals surface area (Å²) in [6, 6.07) is 15.0. The Morgan fingerprint density at radius 2 is 1.76 bits per heavy atom. The summed E-state index contributed by atoms with van der Waals surface area (Å²) < 4.78 is 10.8. The van der Waals surface area contributed by atoms with Crippen LogP contribution in [0.25, 0.3) is 11.0 Å². The number of amides is 2. The van der Waals surface area contributed by atoms with E-state index in [4.69, 9.17) is 9.15 Å². The molecule has 1 heterocycles. The van der Waals surface area contributed by atoms with E-state index in [0.717, 1.165) is 11.1 Å². The van der Waals surface area contributed by atoms with E-state index in [-0.39, 0.29) is 30.3 Å². The third-order valence-electron chi connectivity index (χ3n) is 5.64. The number of carbonyl (C=O) groups is 2. The number of aryl methyl sites for hydroxylation is 1. The van der Waals surface area contributed by atoms with Crippen LogP contribution in [0.15, 0.2) is 64.0 Å². The number of methoxy groups -OCH3 is 1. The van der Waals surface area contributed by atoms with Crippen LogP contribution in [0.5, 0.6) is 0 Å². The van der Waals surface area contributed by atoms with Crippen molar-refractivity contribution in [1.29, 1.82) is 0 Å². The monoisotopic (exact) mass is 464 g/mol. The van der Waals surface area contributed by atoms with Gasteiger partial charge in [-0.1, -0.05) is 48.9 Å². The number of fused-ring (bicyclic) bond motifs is 1. The van der Waals surface area contributed by atoms with E-state index in [0.29, 0.717) is 49.1 Å². The number of hydrogen-bond donors (Lipinski definition) is 0. The Morgan fingerprint density at radius 1 is 1.00 bits per heavy atom. The minimum atomic E-state index is -0.242. The Hall–Kier alpha value is -3.45. The van der Waals surface area contributed by atoms with Gasteiger partial charge in [-0.05, 0) is 31.0 Å². The Balaban J connectivity index is 1.89. The summed E-state index contributed by atoms with van der Waals surface area (Å²) in [5.41, 5.74) is 2.63. The lowest BCUT2D eigenvalue weighted by molar-refractivity contribution is -0.141. The standard InChI is InChI=1S/C27H32N2O5/c1-4-8-25(30)28(13-14-33-3)18-26(31)29(16-21-9-6-5-7-10-21)17-22-19-34-24-12-11-20(2)15-23(24)27(22)32/h5-7,9-12,15,19H,4,8,13-14,16-18H2,1-3H3. The molecule has 0 saturated carbocycles. The molecule has 0 saturated heterocycles. The highest BCUT2D eigenvalue weighted by atomic mass is 16.5. The topological polar surface area (TPSA) is 80.1 Å². The molecule has 0 radical (unpaired) electrons. The minimum absolute atomic E-state index is 0.0763. The molecular weight excluding hydrogens is 432 g/mol. The van der Waals surface area contributed by atoms with Crippen LogP contribution in [0.2, 0.25) is 0 Å². The highest BCUT2D eigenvalue weighted by Crippen LogP contribution is 2.16. The number of carbonyl (C=O) groups excluding carboxylic acids is 2. The van der Waals surface area contributed by atoms with Gasteiger partial charge in [0, 0.05) is 26.6 Å². The predicted molar refractivity (Wildman–Crippen MR) is 131 cm³/mol. The molecule has 0 aliphatic heterocycles. The molecule has 34 heavy (non-hydrogen) atoms. The first-order valence-electron chi connectivity index (χ1n) is 11.5. The second-order valence-electron chi connectivity index (χ2n) is 8.38. The van der Waals surface area contributed by atoms with Crippen molar-refractivity contribution in [2.24, 2.45) is 0 Å². The molecular formula is C27H32N2O5. The summed E-state index contributed by atoms with van der Waals surface area (Å²) in [6.07, 6.45) is 2.49. The van der Waals surface area contributed by atoms with Gasteiger partial charge in [0.2, 0.25) is 11.8 Å². The maximum Gasteiger partial charge on any atom is 0.242 e. The summed E-state index contributed by atoms with van der Waals surface area (Å²) in [7, 11) is 1.56. The van der Waals surface area contributed by atoms with Crippen LogP contribution in [-0.2, 0) is 27.4 Å². The fourth-order valence-electron chi connectivity index (χ4n) is 3.76. The van der Waals surface area contributed by atoms with E-state index in [9.17, 15) is 14.4 Å². The van der Waals surface area contributed by atoms with Gasteiger partial charge in [-0.15, -0.1) is 0 Å². The van der Waals surface area contributed by atoms with Gasteiger partial charge in [0.15, 0.2) is 5.43 Å². The number of hydrogen-bond acceptors (Lipinski definition) is 5. The third kappa shape index (κ3) is 6.54. The summed E-state index contributed by atoms with van der Waals surface area (Å²) in [5.74, 6) is -0.332. The van der Waals surface area contributed by atoms with Gasteiger partial charge in [0.25, 0.3) is 0 Å². The van der Waals surface area contributed by atoms with Gasteiger partial charge in [-0.2, -0.15) is 0 Å². The van der Waals surface area contributed by atoms with E-state index < -0.39 is 0 Å². The molecule has 0 spiro atoms. The van der Waals surface area contributed by atoms with Crippen molar-refractivity contribution in [2.45, 2.75) is 39.8 Å². The molecule has 0 unspecified atom stereocenters. The number of benzene rings is 2. The predicted octanol–water partition coefficient (Wildman–Crippen LogP) is 3.91. The molecule has 0 atom stereocenters. The lowest BCUT2D eigenvalue weighted by atomic mass is 10.1. The zero-order valence-corrected chi connectivity index (χ0v) is 20.1. The lowest BCUT2D eigenvalue weighted by Crippen LogP contribution is -2.44. The average Bonchev–Trinajstić information content (AvgIpc) is 2.83. The lowest BCUT2D eigenvalue weighted by Gasteiger charge is -2.27. The van der Waals surface area contributed by atoms with Gasteiger partial charge in [-0.25, -0.2) is 0 Å². The second kappa shape index (κ2) is 12.1. The summed E-state index contributed by atoms with van der Waals surface area (Å²) in [5, 5.41) is 0.490. The van der Waals surface area contributed by atoms with Gasteiger partial charge in [0.05, 0.1) is 36.9 Å². The molecule has 180 valence electrons. The molecule has 7 nitrogen and oxygen atoms in total. The van der Waals surface area contributed by atoms with E-state index in [1.807, 2.05) is 50.2 Å². The first-order valence-corrected chi connectivity index (χ1v) is 11.5.